The van der Waals surface area contributed by atoms with Gasteiger partial charge in [-0.25, -0.2) is 0 Å². The van der Waals surface area contributed by atoms with Gasteiger partial charge in [-0.15, -0.1) is 0 Å². The van der Waals surface area contributed by atoms with Crippen LogP contribution in [0.3, 0.4) is 0 Å². The topological polar surface area (TPSA) is 65.4 Å². The number of aromatic nitrogens is 1. The third kappa shape index (κ3) is 5.12. The summed E-state index contributed by atoms with van der Waals surface area (Å²) in [7, 11) is 0. The number of para-hydroxylation sites is 1. The summed E-state index contributed by atoms with van der Waals surface area (Å²) >= 11 is 5.91. The van der Waals surface area contributed by atoms with Crippen LogP contribution in [-0.2, 0) is 20.7 Å². The number of unbranched alkanes of at least 4 members (excludes halogenated alkanes) is 1. The molecule has 2 aromatic carbocycles. The first-order valence-corrected chi connectivity index (χ1v) is 9.94. The van der Waals surface area contributed by atoms with E-state index in [4.69, 9.17) is 16.3 Å². The normalized spacial score (nSPS) is 10.8. The Morgan fingerprint density at radius 2 is 1.76 bits per heavy atom. The van der Waals surface area contributed by atoms with E-state index in [-0.39, 0.29) is 24.5 Å². The highest BCUT2D eigenvalue weighted by Gasteiger charge is 2.18. The zero-order valence-corrected chi connectivity index (χ0v) is 16.9. The maximum Gasteiger partial charge on any atom is 0.313 e. The highest BCUT2D eigenvalue weighted by Crippen LogP contribution is 2.24. The van der Waals surface area contributed by atoms with E-state index in [0.29, 0.717) is 28.3 Å². The second-order valence-corrected chi connectivity index (χ2v) is 7.26. The average molecular weight is 412 g/mol. The predicted octanol–water partition coefficient (Wildman–Crippen LogP) is 4.83. The molecule has 0 saturated carbocycles. The summed E-state index contributed by atoms with van der Waals surface area (Å²) in [6.07, 6.45) is 3.16. The Morgan fingerprint density at radius 3 is 2.48 bits per heavy atom. The molecule has 150 valence electrons. The Morgan fingerprint density at radius 1 is 1.03 bits per heavy atom. The molecule has 1 aromatic heterocycles. The molecule has 0 aliphatic rings. The van der Waals surface area contributed by atoms with Gasteiger partial charge in [0.1, 0.15) is 12.2 Å². The van der Waals surface area contributed by atoms with Gasteiger partial charge in [0.05, 0.1) is 12.1 Å². The van der Waals surface area contributed by atoms with Gasteiger partial charge in [-0.2, -0.15) is 0 Å². The monoisotopic (exact) mass is 411 g/mol. The molecule has 0 bridgehead atoms. The van der Waals surface area contributed by atoms with E-state index in [2.05, 4.69) is 0 Å². The fraction of sp³-hybridized carbons (Fsp3) is 0.261. The van der Waals surface area contributed by atoms with Crippen LogP contribution in [0.1, 0.15) is 42.1 Å². The molecule has 0 saturated heterocycles. The van der Waals surface area contributed by atoms with Gasteiger partial charge in [0.25, 0.3) is 5.91 Å². The van der Waals surface area contributed by atoms with Crippen LogP contribution in [0.15, 0.2) is 54.7 Å². The second-order valence-electron chi connectivity index (χ2n) is 6.82. The van der Waals surface area contributed by atoms with Crippen LogP contribution in [0.5, 0.6) is 0 Å². The summed E-state index contributed by atoms with van der Waals surface area (Å²) in [5.41, 5.74) is 1.91. The maximum absolute atomic E-state index is 13.0. The molecule has 0 N–H and O–H groups in total. The lowest BCUT2D eigenvalue weighted by molar-refractivity contribution is -0.146. The number of Topliss-reactive ketones (excluding diaryl/α,β-unsaturated/α-hetero) is 1. The first kappa shape index (κ1) is 20.8. The lowest BCUT2D eigenvalue weighted by Crippen LogP contribution is -2.14. The Bertz CT molecular complexity index is 1040. The molecular formula is C23H22ClNO4. The lowest BCUT2D eigenvalue weighted by atomic mass is 10.1. The molecule has 0 aliphatic carbocycles. The molecule has 3 rings (SSSR count). The summed E-state index contributed by atoms with van der Waals surface area (Å²) in [6.45, 7) is 2.33. The number of halogens is 1. The minimum atomic E-state index is -0.510. The van der Waals surface area contributed by atoms with Gasteiger partial charge in [-0.1, -0.05) is 43.1 Å². The van der Waals surface area contributed by atoms with Gasteiger partial charge in [-0.3, -0.25) is 19.0 Å². The number of fused-ring (bicyclic) bond motifs is 1. The Labute approximate surface area is 174 Å². The number of hydrogen-bond donors (Lipinski definition) is 0. The molecule has 0 spiro atoms. The van der Waals surface area contributed by atoms with Crippen molar-refractivity contribution < 1.29 is 19.1 Å². The van der Waals surface area contributed by atoms with Crippen LogP contribution in [0.4, 0.5) is 0 Å². The second kappa shape index (κ2) is 9.52. The van der Waals surface area contributed by atoms with Crippen molar-refractivity contribution in [3.05, 3.63) is 70.9 Å². The van der Waals surface area contributed by atoms with E-state index in [0.717, 1.165) is 18.2 Å². The first-order chi connectivity index (χ1) is 14.0. The van der Waals surface area contributed by atoms with Crippen LogP contribution < -0.4 is 0 Å². The first-order valence-electron chi connectivity index (χ1n) is 9.56. The van der Waals surface area contributed by atoms with E-state index >= 15 is 0 Å². The highest BCUT2D eigenvalue weighted by molar-refractivity contribution is 6.30. The molecule has 0 fully saturated rings. The third-order valence-electron chi connectivity index (χ3n) is 4.59. The highest BCUT2D eigenvalue weighted by atomic mass is 35.5. The number of carbonyl (C=O) groups is 3. The van der Waals surface area contributed by atoms with E-state index < -0.39 is 5.97 Å². The zero-order valence-electron chi connectivity index (χ0n) is 16.2. The summed E-state index contributed by atoms with van der Waals surface area (Å²) in [6, 6.07) is 14.0. The van der Waals surface area contributed by atoms with Crippen molar-refractivity contribution in [1.29, 1.82) is 0 Å². The summed E-state index contributed by atoms with van der Waals surface area (Å²) < 4.78 is 6.59. The van der Waals surface area contributed by atoms with Gasteiger partial charge >= 0.3 is 5.97 Å². The number of hydrogen-bond acceptors (Lipinski definition) is 4. The SMILES string of the molecule is CCCCOC(=O)CC(=O)Cc1cn(C(=O)c2ccc(Cl)cc2)c2ccccc12. The van der Waals surface area contributed by atoms with Crippen molar-refractivity contribution >= 4 is 40.2 Å². The smallest absolute Gasteiger partial charge is 0.313 e. The van der Waals surface area contributed by atoms with Gasteiger partial charge in [-0.05, 0) is 42.3 Å². The van der Waals surface area contributed by atoms with E-state index in [1.807, 2.05) is 31.2 Å². The molecular weight excluding hydrogens is 390 g/mol. The fourth-order valence-electron chi connectivity index (χ4n) is 3.11. The van der Waals surface area contributed by atoms with Crippen molar-refractivity contribution in [2.24, 2.45) is 0 Å². The molecule has 1 heterocycles. The number of esters is 1. The van der Waals surface area contributed by atoms with Crippen LogP contribution in [0.2, 0.25) is 5.02 Å². The zero-order chi connectivity index (χ0) is 20.8. The van der Waals surface area contributed by atoms with Crippen molar-refractivity contribution in [2.45, 2.75) is 32.6 Å². The van der Waals surface area contributed by atoms with Crippen molar-refractivity contribution in [3.8, 4) is 0 Å². The van der Waals surface area contributed by atoms with Crippen LogP contribution in [0.25, 0.3) is 10.9 Å². The minimum Gasteiger partial charge on any atom is -0.465 e. The van der Waals surface area contributed by atoms with Gasteiger partial charge in [0, 0.05) is 28.6 Å². The molecule has 29 heavy (non-hydrogen) atoms. The van der Waals surface area contributed by atoms with E-state index in [9.17, 15) is 14.4 Å². The molecule has 6 heteroatoms. The minimum absolute atomic E-state index is 0.0598. The number of nitrogens with zero attached hydrogens (tertiary/aromatic N) is 1. The maximum atomic E-state index is 13.0. The summed E-state index contributed by atoms with van der Waals surface area (Å²) in [5, 5.41) is 1.36. The third-order valence-corrected chi connectivity index (χ3v) is 4.85. The predicted molar refractivity (Wildman–Crippen MR) is 112 cm³/mol. The average Bonchev–Trinajstić information content (AvgIpc) is 3.06. The van der Waals surface area contributed by atoms with E-state index in [1.165, 1.54) is 4.57 Å². The number of ketones is 1. The van der Waals surface area contributed by atoms with Gasteiger partial charge in [0.15, 0.2) is 0 Å². The molecule has 0 atom stereocenters. The van der Waals surface area contributed by atoms with Gasteiger partial charge in [0.2, 0.25) is 0 Å². The van der Waals surface area contributed by atoms with Gasteiger partial charge < -0.3 is 4.74 Å². The molecule has 3 aromatic rings. The van der Waals surface area contributed by atoms with E-state index in [1.54, 1.807) is 30.5 Å². The van der Waals surface area contributed by atoms with Crippen molar-refractivity contribution in [1.82, 2.24) is 4.57 Å². The van der Waals surface area contributed by atoms with Crippen LogP contribution in [0, 0.1) is 0 Å². The Balaban J connectivity index is 1.81. The number of ether oxygens (including phenoxy) is 1. The quantitative estimate of drug-likeness (QED) is 0.302. The molecule has 0 unspecified atom stereocenters. The lowest BCUT2D eigenvalue weighted by Gasteiger charge is -2.04. The largest absolute Gasteiger partial charge is 0.465 e. The van der Waals surface area contributed by atoms with Crippen LogP contribution in [-0.4, -0.2) is 28.8 Å². The summed E-state index contributed by atoms with van der Waals surface area (Å²) in [4.78, 5) is 37.1. The number of benzene rings is 2. The fourth-order valence-corrected chi connectivity index (χ4v) is 3.23. The summed E-state index contributed by atoms with van der Waals surface area (Å²) in [5.74, 6) is -0.965. The Hall–Kier alpha value is -2.92. The molecule has 0 amide bonds. The molecule has 0 aliphatic heterocycles. The molecule has 5 nitrogen and oxygen atoms in total. The standard InChI is InChI=1S/C23H22ClNO4/c1-2-3-12-29-22(27)14-19(26)13-17-15-25(21-7-5-4-6-20(17)21)23(28)16-8-10-18(24)11-9-16/h4-11,15H,2-3,12-14H2,1H3. The number of rotatable bonds is 8. The molecule has 0 radical (unpaired) electrons. The number of carbonyl (C=O) groups excluding carboxylic acids is 3. The van der Waals surface area contributed by atoms with Crippen molar-refractivity contribution in [3.63, 3.8) is 0 Å². The van der Waals surface area contributed by atoms with Crippen molar-refractivity contribution in [2.75, 3.05) is 6.61 Å². The van der Waals surface area contributed by atoms with Crippen LogP contribution >= 0.6 is 11.6 Å². The Kier molecular flexibility index (Phi) is 6.83.